The molecule has 0 saturated heterocycles. The van der Waals surface area contributed by atoms with Crippen LogP contribution in [0.25, 0.3) is 16.9 Å². The number of fused-ring (bicyclic) bond motifs is 3. The number of aliphatic hydroxyl groups excluding tert-OH is 2. The van der Waals surface area contributed by atoms with Gasteiger partial charge in [-0.15, -0.1) is 0 Å². The lowest BCUT2D eigenvalue weighted by Gasteiger charge is -2.50. The van der Waals surface area contributed by atoms with Gasteiger partial charge >= 0.3 is 0 Å². The van der Waals surface area contributed by atoms with E-state index in [-0.39, 0.29) is 29.7 Å². The van der Waals surface area contributed by atoms with Crippen LogP contribution in [-0.4, -0.2) is 68.5 Å². The second kappa shape index (κ2) is 10.1. The molecule has 4 atom stereocenters. The molecule has 0 aliphatic heterocycles. The van der Waals surface area contributed by atoms with Gasteiger partial charge in [0.25, 0.3) is 5.91 Å². The van der Waals surface area contributed by atoms with Crippen LogP contribution in [-0.2, 0) is 27.2 Å². The number of nitrogens with two attached hydrogens (primary N) is 1. The number of ketones is 2. The van der Waals surface area contributed by atoms with Crippen LogP contribution in [0.15, 0.2) is 53.3 Å². The first kappa shape index (κ1) is 28.2. The van der Waals surface area contributed by atoms with Crippen LogP contribution < -0.4 is 5.73 Å². The summed E-state index contributed by atoms with van der Waals surface area (Å²) in [7, 11) is 3.17. The van der Waals surface area contributed by atoms with Crippen molar-refractivity contribution in [2.45, 2.75) is 56.6 Å². The molecule has 2 fully saturated rings. The predicted molar refractivity (Wildman–Crippen MR) is 155 cm³/mol. The molecular formula is C33H36N2O7. The number of Topliss-reactive ketones (excluding diaryl/α,β-unsaturated/α-hetero) is 2. The quantitative estimate of drug-likeness (QED) is 0.341. The van der Waals surface area contributed by atoms with Gasteiger partial charge in [0.1, 0.15) is 22.8 Å². The number of primary amides is 1. The largest absolute Gasteiger partial charge is 0.508 e. The van der Waals surface area contributed by atoms with E-state index in [1.807, 2.05) is 12.1 Å². The van der Waals surface area contributed by atoms with E-state index in [0.717, 1.165) is 17.5 Å². The maximum Gasteiger partial charge on any atom is 0.255 e. The predicted octanol–water partition coefficient (Wildman–Crippen LogP) is 3.36. The van der Waals surface area contributed by atoms with E-state index in [1.54, 1.807) is 20.2 Å². The molecule has 0 bridgehead atoms. The summed E-state index contributed by atoms with van der Waals surface area (Å²) < 4.78 is 0. The van der Waals surface area contributed by atoms with E-state index in [2.05, 4.69) is 12.1 Å². The summed E-state index contributed by atoms with van der Waals surface area (Å²) in [4.78, 5) is 40.9. The summed E-state index contributed by atoms with van der Waals surface area (Å²) in [5.41, 5.74) is 5.49. The Morgan fingerprint density at radius 3 is 2.31 bits per heavy atom. The maximum absolute atomic E-state index is 14.0. The van der Waals surface area contributed by atoms with E-state index in [1.165, 1.54) is 42.2 Å². The molecule has 0 aromatic heterocycles. The maximum atomic E-state index is 14.0. The number of hydrogen-bond acceptors (Lipinski definition) is 8. The fourth-order valence-electron chi connectivity index (χ4n) is 7.88. The van der Waals surface area contributed by atoms with Crippen molar-refractivity contribution in [3.63, 3.8) is 0 Å². The number of likely N-dealkylation sites (N-methyl/N-ethyl adjacent to an activating group) is 1. The molecule has 2 aromatic rings. The number of carbonyl (C=O) groups is 3. The van der Waals surface area contributed by atoms with Gasteiger partial charge in [-0.2, -0.15) is 0 Å². The van der Waals surface area contributed by atoms with E-state index >= 15 is 0 Å². The smallest absolute Gasteiger partial charge is 0.255 e. The van der Waals surface area contributed by atoms with Crippen molar-refractivity contribution in [3.05, 3.63) is 70.0 Å². The number of rotatable bonds is 5. The third-order valence-electron chi connectivity index (χ3n) is 9.87. The Morgan fingerprint density at radius 2 is 1.69 bits per heavy atom. The van der Waals surface area contributed by atoms with Gasteiger partial charge in [-0.1, -0.05) is 56.0 Å². The minimum Gasteiger partial charge on any atom is -0.508 e. The summed E-state index contributed by atoms with van der Waals surface area (Å²) in [6.45, 7) is 0. The van der Waals surface area contributed by atoms with Crippen LogP contribution >= 0.6 is 0 Å². The molecule has 9 nitrogen and oxygen atoms in total. The minimum absolute atomic E-state index is 0.0567. The Kier molecular flexibility index (Phi) is 6.78. The van der Waals surface area contributed by atoms with Gasteiger partial charge in [0.15, 0.2) is 11.4 Å². The van der Waals surface area contributed by atoms with Crippen LogP contribution in [0, 0.1) is 17.8 Å². The number of nitrogens with zero attached hydrogens (tertiary/aromatic N) is 1. The Labute approximate surface area is 244 Å². The van der Waals surface area contributed by atoms with Crippen molar-refractivity contribution in [2.75, 3.05) is 14.1 Å². The van der Waals surface area contributed by atoms with Gasteiger partial charge in [0.2, 0.25) is 5.78 Å². The zero-order chi connectivity index (χ0) is 30.1. The number of hydrogen-bond donors (Lipinski definition) is 5. The molecule has 1 amide bonds. The van der Waals surface area contributed by atoms with E-state index in [0.29, 0.717) is 11.5 Å². The van der Waals surface area contributed by atoms with Gasteiger partial charge < -0.3 is 26.2 Å². The van der Waals surface area contributed by atoms with E-state index in [9.17, 15) is 34.8 Å². The van der Waals surface area contributed by atoms with Crippen LogP contribution in [0.5, 0.6) is 5.75 Å². The first-order chi connectivity index (χ1) is 19.9. The monoisotopic (exact) mass is 572 g/mol. The number of aromatic hydroxyl groups is 1. The Hall–Kier alpha value is -3.95. The van der Waals surface area contributed by atoms with Crippen molar-refractivity contribution in [3.8, 4) is 16.9 Å². The van der Waals surface area contributed by atoms with Gasteiger partial charge in [0, 0.05) is 11.5 Å². The molecule has 42 heavy (non-hydrogen) atoms. The Morgan fingerprint density at radius 1 is 1.02 bits per heavy atom. The number of aliphatic hydroxyl groups is 3. The summed E-state index contributed by atoms with van der Waals surface area (Å²) >= 11 is 0. The third-order valence-corrected chi connectivity index (χ3v) is 9.87. The van der Waals surface area contributed by atoms with Crippen molar-refractivity contribution in [2.24, 2.45) is 23.5 Å². The standard InChI is InChI=1S/C33H36N2O7/c1-35(2)27-22-15-19-14-21-20(18-9-7-17(8-10-18)13-16-5-3-4-6-16)11-12-23(36)25(21)28(37)24(19)30(39)33(22,42)31(40)26(29(27)38)32(34)41/h7-12,16,19,22,27,36-37,40,42H,3-6,13-15H2,1-2H3,(H2,34,41)/t19-,22-,27-,33-/m0/s1. The van der Waals surface area contributed by atoms with Gasteiger partial charge in [-0.3, -0.25) is 19.3 Å². The topological polar surface area (TPSA) is 161 Å². The lowest BCUT2D eigenvalue weighted by atomic mass is 9.57. The molecule has 0 radical (unpaired) electrons. The highest BCUT2D eigenvalue weighted by atomic mass is 16.3. The molecule has 6 rings (SSSR count). The molecule has 220 valence electrons. The van der Waals surface area contributed by atoms with E-state index < -0.39 is 58.0 Å². The van der Waals surface area contributed by atoms with Crippen molar-refractivity contribution in [1.29, 1.82) is 0 Å². The summed E-state index contributed by atoms with van der Waals surface area (Å²) in [5, 5.41) is 45.1. The number of carbonyl (C=O) groups excluding carboxylic acids is 3. The van der Waals surface area contributed by atoms with Crippen LogP contribution in [0.2, 0.25) is 0 Å². The number of benzene rings is 2. The molecule has 6 N–H and O–H groups in total. The zero-order valence-electron chi connectivity index (χ0n) is 23.8. The highest BCUT2D eigenvalue weighted by molar-refractivity contribution is 6.24. The molecule has 0 heterocycles. The second-order valence-corrected chi connectivity index (χ2v) is 12.5. The zero-order valence-corrected chi connectivity index (χ0v) is 23.8. The molecule has 0 unspecified atom stereocenters. The van der Waals surface area contributed by atoms with Crippen molar-refractivity contribution >= 4 is 23.2 Å². The fourth-order valence-corrected chi connectivity index (χ4v) is 7.88. The van der Waals surface area contributed by atoms with E-state index in [4.69, 9.17) is 5.73 Å². The third kappa shape index (κ3) is 4.09. The first-order valence-electron chi connectivity index (χ1n) is 14.5. The van der Waals surface area contributed by atoms with Crippen LogP contribution in [0.3, 0.4) is 0 Å². The van der Waals surface area contributed by atoms with Crippen molar-refractivity contribution < 1.29 is 34.8 Å². The molecule has 0 spiro atoms. The lowest BCUT2D eigenvalue weighted by Crippen LogP contribution is -2.65. The molecule has 2 aromatic carbocycles. The normalized spacial score (nSPS) is 27.8. The average molecular weight is 573 g/mol. The molecule has 2 saturated carbocycles. The second-order valence-electron chi connectivity index (χ2n) is 12.5. The SMILES string of the molecule is CN(C)[C@@H]1C(=O)C(C(N)=O)=C(O)[C@@]2(O)C(=O)C3=C(O)c4c(O)ccc(-c5ccc(CC6CCCC6)cc5)c4C[C@H]3C[C@@H]12. The molecular weight excluding hydrogens is 536 g/mol. The van der Waals surface area contributed by atoms with Crippen LogP contribution in [0.1, 0.15) is 48.8 Å². The van der Waals surface area contributed by atoms with Gasteiger partial charge in [-0.25, -0.2) is 0 Å². The Bertz CT molecular complexity index is 1570. The number of phenols is 1. The highest BCUT2D eigenvalue weighted by Gasteiger charge is 2.64. The highest BCUT2D eigenvalue weighted by Crippen LogP contribution is 2.53. The van der Waals surface area contributed by atoms with Gasteiger partial charge in [0.05, 0.1) is 11.6 Å². The van der Waals surface area contributed by atoms with Crippen molar-refractivity contribution in [1.82, 2.24) is 4.90 Å². The Balaban J connectivity index is 1.45. The van der Waals surface area contributed by atoms with Gasteiger partial charge in [-0.05, 0) is 73.5 Å². The summed E-state index contributed by atoms with van der Waals surface area (Å²) in [6.07, 6.45) is 6.44. The fraction of sp³-hybridized carbons (Fsp3) is 0.424. The molecule has 4 aliphatic rings. The summed E-state index contributed by atoms with van der Waals surface area (Å²) in [6, 6.07) is 10.4. The first-order valence-corrected chi connectivity index (χ1v) is 14.5. The number of amides is 1. The minimum atomic E-state index is -2.65. The average Bonchev–Trinajstić information content (AvgIpc) is 3.44. The van der Waals surface area contributed by atoms with Crippen LogP contribution in [0.4, 0.5) is 0 Å². The lowest BCUT2D eigenvalue weighted by molar-refractivity contribution is -0.153. The molecule has 9 heteroatoms. The summed E-state index contributed by atoms with van der Waals surface area (Å²) in [5.74, 6) is -5.83. The molecule has 4 aliphatic carbocycles. The number of phenolic OH excluding ortho intramolecular Hbond substituents is 1.